The van der Waals surface area contributed by atoms with E-state index in [0.29, 0.717) is 12.4 Å². The van der Waals surface area contributed by atoms with E-state index in [9.17, 15) is 5.11 Å². The number of nitrogens with zero attached hydrogens (tertiary/aromatic N) is 4. The lowest BCUT2D eigenvalue weighted by molar-refractivity contribution is 0.0132. The summed E-state index contributed by atoms with van der Waals surface area (Å²) in [4.78, 5) is 8.89. The van der Waals surface area contributed by atoms with Crippen LogP contribution in [0.5, 0.6) is 5.75 Å². The molecule has 3 aromatic rings. The highest BCUT2D eigenvalue weighted by molar-refractivity contribution is 5.61. The number of aromatic nitrogens is 4. The molecule has 1 saturated carbocycles. The Labute approximate surface area is 145 Å². The Morgan fingerprint density at radius 3 is 2.72 bits per heavy atom. The summed E-state index contributed by atoms with van der Waals surface area (Å²) in [6.45, 7) is 0. The smallest absolute Gasteiger partial charge is 0.223 e. The van der Waals surface area contributed by atoms with Crippen molar-refractivity contribution in [1.29, 1.82) is 0 Å². The van der Waals surface area contributed by atoms with Gasteiger partial charge in [0.1, 0.15) is 5.75 Å². The summed E-state index contributed by atoms with van der Waals surface area (Å²) < 4.78 is 6.96. The quantitative estimate of drug-likeness (QED) is 0.742. The van der Waals surface area contributed by atoms with Gasteiger partial charge in [0.2, 0.25) is 5.95 Å². The van der Waals surface area contributed by atoms with E-state index in [4.69, 9.17) is 4.74 Å². The van der Waals surface area contributed by atoms with Crippen molar-refractivity contribution in [3.05, 3.63) is 55.0 Å². The Bertz CT molecular complexity index is 835. The molecule has 7 heteroatoms. The van der Waals surface area contributed by atoms with Gasteiger partial charge in [-0.3, -0.25) is 4.68 Å². The van der Waals surface area contributed by atoms with Gasteiger partial charge in [-0.1, -0.05) is 0 Å². The van der Waals surface area contributed by atoms with Gasteiger partial charge in [-0.2, -0.15) is 5.10 Å². The third kappa shape index (κ3) is 3.06. The molecule has 0 amide bonds. The maximum Gasteiger partial charge on any atom is 0.223 e. The van der Waals surface area contributed by atoms with E-state index in [2.05, 4.69) is 20.4 Å². The fourth-order valence-corrected chi connectivity index (χ4v) is 3.09. The van der Waals surface area contributed by atoms with Gasteiger partial charge in [-0.25, -0.2) is 9.97 Å². The third-order valence-corrected chi connectivity index (χ3v) is 4.49. The normalized spacial score (nSPS) is 22.2. The lowest BCUT2D eigenvalue weighted by Gasteiger charge is -2.41. The number of benzene rings is 1. The molecule has 0 saturated heterocycles. The molecule has 0 spiro atoms. The Morgan fingerprint density at radius 1 is 1.20 bits per heavy atom. The van der Waals surface area contributed by atoms with Crippen LogP contribution >= 0.6 is 0 Å². The van der Waals surface area contributed by atoms with Crippen LogP contribution in [0.3, 0.4) is 0 Å². The van der Waals surface area contributed by atoms with Crippen LogP contribution in [0.2, 0.25) is 0 Å². The molecule has 2 heterocycles. The molecule has 1 aliphatic rings. The first kappa shape index (κ1) is 15.6. The SMILES string of the molecule is COc1ccc(-c2ccnc(N[C@H]3C[C@@H](O)[C@@H]3n3cccn3)n2)cc1. The van der Waals surface area contributed by atoms with Gasteiger partial charge in [0.25, 0.3) is 0 Å². The van der Waals surface area contributed by atoms with Crippen LogP contribution in [0.4, 0.5) is 5.95 Å². The standard InChI is InChI=1S/C18H19N5O2/c1-25-13-5-3-12(4-6-13)14-7-9-19-18(21-14)22-15-11-16(24)17(15)23-10-2-8-20-23/h2-10,15-17,24H,11H2,1H3,(H,19,21,22)/t15-,16+,17+/m0/s1. The van der Waals surface area contributed by atoms with Crippen molar-refractivity contribution in [2.75, 3.05) is 12.4 Å². The van der Waals surface area contributed by atoms with Crippen molar-refractivity contribution in [3.8, 4) is 17.0 Å². The fourth-order valence-electron chi connectivity index (χ4n) is 3.09. The maximum absolute atomic E-state index is 10.1. The molecular formula is C18H19N5O2. The summed E-state index contributed by atoms with van der Waals surface area (Å²) in [5, 5.41) is 17.6. The predicted octanol–water partition coefficient (Wildman–Crippen LogP) is 2.14. The second-order valence-corrected chi connectivity index (χ2v) is 6.02. The van der Waals surface area contributed by atoms with Crippen molar-refractivity contribution >= 4 is 5.95 Å². The highest BCUT2D eigenvalue weighted by Crippen LogP contribution is 2.34. The second kappa shape index (κ2) is 6.52. The number of ether oxygens (including phenoxy) is 1. The molecule has 3 atom stereocenters. The van der Waals surface area contributed by atoms with E-state index >= 15 is 0 Å². The van der Waals surface area contributed by atoms with Gasteiger partial charge < -0.3 is 15.2 Å². The molecule has 0 bridgehead atoms. The van der Waals surface area contributed by atoms with Crippen molar-refractivity contribution in [2.45, 2.75) is 24.6 Å². The average molecular weight is 337 g/mol. The summed E-state index contributed by atoms with van der Waals surface area (Å²) in [7, 11) is 1.64. The largest absolute Gasteiger partial charge is 0.497 e. The zero-order chi connectivity index (χ0) is 17.2. The van der Waals surface area contributed by atoms with Gasteiger partial charge >= 0.3 is 0 Å². The van der Waals surface area contributed by atoms with E-state index in [-0.39, 0.29) is 12.1 Å². The van der Waals surface area contributed by atoms with Gasteiger partial charge in [0.15, 0.2) is 0 Å². The summed E-state index contributed by atoms with van der Waals surface area (Å²) in [5.74, 6) is 1.35. The van der Waals surface area contributed by atoms with Crippen LogP contribution in [0.1, 0.15) is 12.5 Å². The van der Waals surface area contributed by atoms with Crippen LogP contribution < -0.4 is 10.1 Å². The van der Waals surface area contributed by atoms with Crippen molar-refractivity contribution in [3.63, 3.8) is 0 Å². The molecule has 1 aromatic carbocycles. The summed E-state index contributed by atoms with van der Waals surface area (Å²) in [6, 6.07) is 11.4. The zero-order valence-electron chi connectivity index (χ0n) is 13.8. The van der Waals surface area contributed by atoms with Crippen LogP contribution in [-0.4, -0.2) is 44.1 Å². The molecule has 1 aliphatic carbocycles. The van der Waals surface area contributed by atoms with Gasteiger partial charge in [-0.05, 0) is 42.8 Å². The molecular weight excluding hydrogens is 318 g/mol. The Morgan fingerprint density at radius 2 is 2.04 bits per heavy atom. The highest BCUT2D eigenvalue weighted by atomic mass is 16.5. The minimum atomic E-state index is -0.415. The number of aliphatic hydroxyl groups excluding tert-OH is 1. The van der Waals surface area contributed by atoms with E-state index < -0.39 is 6.10 Å². The van der Waals surface area contributed by atoms with Crippen LogP contribution in [0.25, 0.3) is 11.3 Å². The molecule has 25 heavy (non-hydrogen) atoms. The molecule has 2 aromatic heterocycles. The monoisotopic (exact) mass is 337 g/mol. The maximum atomic E-state index is 10.1. The molecule has 0 aliphatic heterocycles. The first-order valence-corrected chi connectivity index (χ1v) is 8.16. The number of methoxy groups -OCH3 is 1. The molecule has 7 nitrogen and oxygen atoms in total. The minimum absolute atomic E-state index is 0.0426. The molecule has 4 rings (SSSR count). The summed E-state index contributed by atoms with van der Waals surface area (Å²) in [6.07, 6.45) is 5.52. The molecule has 2 N–H and O–H groups in total. The lowest BCUT2D eigenvalue weighted by Crippen LogP contribution is -2.51. The highest BCUT2D eigenvalue weighted by Gasteiger charge is 2.42. The average Bonchev–Trinajstić information content (AvgIpc) is 3.15. The molecule has 128 valence electrons. The van der Waals surface area contributed by atoms with Crippen molar-refractivity contribution in [2.24, 2.45) is 0 Å². The van der Waals surface area contributed by atoms with Crippen molar-refractivity contribution < 1.29 is 9.84 Å². The zero-order valence-corrected chi connectivity index (χ0v) is 13.8. The van der Waals surface area contributed by atoms with E-state index in [1.54, 1.807) is 24.2 Å². The first-order valence-electron chi connectivity index (χ1n) is 8.16. The Hall–Kier alpha value is -2.93. The van der Waals surface area contributed by atoms with Gasteiger partial charge in [0.05, 0.1) is 31.0 Å². The Balaban J connectivity index is 1.52. The topological polar surface area (TPSA) is 85.1 Å². The first-order chi connectivity index (χ1) is 12.2. The third-order valence-electron chi connectivity index (χ3n) is 4.49. The van der Waals surface area contributed by atoms with Crippen LogP contribution in [-0.2, 0) is 0 Å². The van der Waals surface area contributed by atoms with E-state index in [0.717, 1.165) is 17.0 Å². The summed E-state index contributed by atoms with van der Waals surface area (Å²) in [5.41, 5.74) is 1.82. The number of rotatable bonds is 5. The van der Waals surface area contributed by atoms with Crippen LogP contribution in [0, 0.1) is 0 Å². The number of nitrogens with one attached hydrogen (secondary N) is 1. The fraction of sp³-hybridized carbons (Fsp3) is 0.278. The number of hydrogen-bond donors (Lipinski definition) is 2. The summed E-state index contributed by atoms with van der Waals surface area (Å²) >= 11 is 0. The predicted molar refractivity (Wildman–Crippen MR) is 93.3 cm³/mol. The lowest BCUT2D eigenvalue weighted by atomic mass is 9.83. The minimum Gasteiger partial charge on any atom is -0.497 e. The number of anilines is 1. The van der Waals surface area contributed by atoms with E-state index in [1.807, 2.05) is 42.6 Å². The molecule has 0 unspecified atom stereocenters. The van der Waals surface area contributed by atoms with Crippen molar-refractivity contribution in [1.82, 2.24) is 19.7 Å². The van der Waals surface area contributed by atoms with Gasteiger partial charge in [0, 0.05) is 24.2 Å². The van der Waals surface area contributed by atoms with Crippen LogP contribution in [0.15, 0.2) is 55.0 Å². The molecule has 1 fully saturated rings. The second-order valence-electron chi connectivity index (χ2n) is 6.02. The number of aliphatic hydroxyl groups is 1. The molecule has 0 radical (unpaired) electrons. The Kier molecular flexibility index (Phi) is 4.07. The number of hydrogen-bond acceptors (Lipinski definition) is 6. The van der Waals surface area contributed by atoms with E-state index in [1.165, 1.54) is 0 Å². The van der Waals surface area contributed by atoms with Gasteiger partial charge in [-0.15, -0.1) is 0 Å².